The molecule has 0 bridgehead atoms. The van der Waals surface area contributed by atoms with Crippen LogP contribution in [0.4, 0.5) is 30.5 Å². The lowest BCUT2D eigenvalue weighted by molar-refractivity contribution is -0.137. The van der Waals surface area contributed by atoms with Gasteiger partial charge in [0.15, 0.2) is 5.69 Å². The molecule has 3 N–H and O–H groups in total. The molecule has 27 heavy (non-hydrogen) atoms. The van der Waals surface area contributed by atoms with Crippen molar-refractivity contribution in [3.63, 3.8) is 0 Å². The molecule has 1 fully saturated rings. The van der Waals surface area contributed by atoms with E-state index in [1.807, 2.05) is 6.07 Å². The third kappa shape index (κ3) is 6.36. The van der Waals surface area contributed by atoms with Crippen molar-refractivity contribution < 1.29 is 17.9 Å². The highest BCUT2D eigenvalue weighted by Crippen LogP contribution is 2.35. The van der Waals surface area contributed by atoms with Crippen LogP contribution in [0.1, 0.15) is 11.3 Å². The molecule has 1 saturated heterocycles. The maximum atomic E-state index is 12.7. The number of aromatic nitrogens is 3. The minimum Gasteiger partial charge on any atom is -0.387 e. The molecule has 0 saturated carbocycles. The van der Waals surface area contributed by atoms with Crippen LogP contribution < -0.4 is 16.0 Å². The Balaban J connectivity index is 0.000000369. The van der Waals surface area contributed by atoms with Crippen LogP contribution in [0.15, 0.2) is 24.7 Å². The first-order valence-electron chi connectivity index (χ1n) is 7.96. The summed E-state index contributed by atoms with van der Waals surface area (Å²) in [7, 11) is 1.38. The first-order chi connectivity index (χ1) is 12.9. The number of nitriles is 1. The topological polar surface area (TPSA) is 108 Å². The Morgan fingerprint density at radius 2 is 1.81 bits per heavy atom. The average Bonchev–Trinajstić information content (AvgIpc) is 2.69. The molecule has 11 heteroatoms. The average molecular weight is 381 g/mol. The second-order valence-electron chi connectivity index (χ2n) is 5.25. The first-order valence-corrected chi connectivity index (χ1v) is 7.96. The highest BCUT2D eigenvalue weighted by molar-refractivity contribution is 5.61. The lowest BCUT2D eigenvalue weighted by Crippen LogP contribution is -2.30. The summed E-state index contributed by atoms with van der Waals surface area (Å²) in [6.45, 7) is 3.83. The van der Waals surface area contributed by atoms with Crippen molar-refractivity contribution in [2.24, 2.45) is 0 Å². The maximum Gasteiger partial charge on any atom is 0.419 e. The van der Waals surface area contributed by atoms with Crippen LogP contribution in [0.3, 0.4) is 0 Å². The molecule has 0 aliphatic carbocycles. The van der Waals surface area contributed by atoms with Crippen molar-refractivity contribution >= 4 is 17.3 Å². The van der Waals surface area contributed by atoms with E-state index in [1.165, 1.54) is 25.5 Å². The van der Waals surface area contributed by atoms with Crippen LogP contribution in [0.2, 0.25) is 0 Å². The van der Waals surface area contributed by atoms with Gasteiger partial charge in [0.2, 0.25) is 0 Å². The number of anilines is 3. The van der Waals surface area contributed by atoms with Gasteiger partial charge < -0.3 is 20.7 Å². The zero-order valence-corrected chi connectivity index (χ0v) is 14.5. The van der Waals surface area contributed by atoms with Crippen molar-refractivity contribution in [3.8, 4) is 6.07 Å². The molecule has 3 rings (SSSR count). The molecule has 0 aromatic carbocycles. The highest BCUT2D eigenvalue weighted by atomic mass is 19.4. The van der Waals surface area contributed by atoms with E-state index in [0.29, 0.717) is 0 Å². The normalized spacial score (nSPS) is 13.7. The van der Waals surface area contributed by atoms with E-state index < -0.39 is 11.7 Å². The Labute approximate surface area is 153 Å². The predicted molar refractivity (Wildman–Crippen MR) is 92.5 cm³/mol. The van der Waals surface area contributed by atoms with Crippen molar-refractivity contribution in [1.29, 1.82) is 5.26 Å². The van der Waals surface area contributed by atoms with Crippen molar-refractivity contribution in [2.45, 2.75) is 6.18 Å². The molecule has 3 heterocycles. The highest BCUT2D eigenvalue weighted by Gasteiger charge is 2.34. The van der Waals surface area contributed by atoms with Crippen LogP contribution in [0, 0.1) is 11.3 Å². The van der Waals surface area contributed by atoms with Gasteiger partial charge in [-0.1, -0.05) is 0 Å². The molecule has 8 nitrogen and oxygen atoms in total. The van der Waals surface area contributed by atoms with E-state index in [2.05, 4.69) is 30.9 Å². The molecular formula is C16H18F3N7O. The minimum absolute atomic E-state index is 0.110. The van der Waals surface area contributed by atoms with Gasteiger partial charge in [-0.05, 0) is 0 Å². The Kier molecular flexibility index (Phi) is 7.27. The lowest BCUT2D eigenvalue weighted by atomic mass is 10.2. The van der Waals surface area contributed by atoms with Gasteiger partial charge in [-0.3, -0.25) is 0 Å². The van der Waals surface area contributed by atoms with Crippen LogP contribution in [-0.2, 0) is 10.9 Å². The molecule has 144 valence electrons. The minimum atomic E-state index is -4.49. The fourth-order valence-corrected chi connectivity index (χ4v) is 2.05. The molecule has 0 radical (unpaired) electrons. The van der Waals surface area contributed by atoms with Gasteiger partial charge in [-0.2, -0.15) is 18.4 Å². The smallest absolute Gasteiger partial charge is 0.387 e. The largest absolute Gasteiger partial charge is 0.419 e. The number of pyridine rings is 1. The Morgan fingerprint density at radius 3 is 2.26 bits per heavy atom. The number of ether oxygens (including phenoxy) is 1. The number of morpholine rings is 1. The fraction of sp³-hybridized carbons (Fsp3) is 0.375. The predicted octanol–water partition coefficient (Wildman–Crippen LogP) is 2.15. The van der Waals surface area contributed by atoms with Crippen molar-refractivity contribution in [1.82, 2.24) is 20.3 Å². The third-order valence-corrected chi connectivity index (χ3v) is 3.35. The quantitative estimate of drug-likeness (QED) is 0.742. The summed E-state index contributed by atoms with van der Waals surface area (Å²) in [6, 6.07) is 3.02. The monoisotopic (exact) mass is 381 g/mol. The SMILES string of the molecule is C1COCCN1.CNc1cc(Nc2cnc(C#N)cn2)ncc1C(F)(F)F. The summed E-state index contributed by atoms with van der Waals surface area (Å²) in [5, 5.41) is 16.9. The number of rotatable bonds is 3. The van der Waals surface area contributed by atoms with E-state index in [4.69, 9.17) is 10.00 Å². The van der Waals surface area contributed by atoms with Crippen LogP contribution >= 0.6 is 0 Å². The number of alkyl halides is 3. The van der Waals surface area contributed by atoms with E-state index in [1.54, 1.807) is 0 Å². The Morgan fingerprint density at radius 1 is 1.11 bits per heavy atom. The summed E-state index contributed by atoms with van der Waals surface area (Å²) < 4.78 is 43.2. The van der Waals surface area contributed by atoms with Crippen LogP contribution in [0.5, 0.6) is 0 Å². The number of halogens is 3. The van der Waals surface area contributed by atoms with Crippen molar-refractivity contribution in [2.75, 3.05) is 44.0 Å². The third-order valence-electron chi connectivity index (χ3n) is 3.35. The summed E-state index contributed by atoms with van der Waals surface area (Å²) in [4.78, 5) is 11.4. The van der Waals surface area contributed by atoms with E-state index in [9.17, 15) is 13.2 Å². The molecule has 1 aliphatic rings. The summed E-state index contributed by atoms with van der Waals surface area (Å²) in [5.41, 5.74) is -0.833. The molecular weight excluding hydrogens is 363 g/mol. The van der Waals surface area contributed by atoms with E-state index in [-0.39, 0.29) is 23.0 Å². The van der Waals surface area contributed by atoms with Gasteiger partial charge in [0.25, 0.3) is 0 Å². The standard InChI is InChI=1S/C12H9F3N6.C4H9NO/c1-17-9-2-10(20-5-8(9)12(13,14)15)21-11-6-18-7(3-16)4-19-11;1-3-6-4-2-5-1/h2,4-6H,1H3,(H2,17,19,20,21);5H,1-4H2. The number of nitrogens with one attached hydrogen (secondary N) is 3. The Bertz CT molecular complexity index is 760. The molecule has 0 atom stereocenters. The van der Waals surface area contributed by atoms with Gasteiger partial charge in [0.1, 0.15) is 17.7 Å². The van der Waals surface area contributed by atoms with E-state index in [0.717, 1.165) is 32.5 Å². The summed E-state index contributed by atoms with van der Waals surface area (Å²) in [6.07, 6.45) is -1.23. The van der Waals surface area contributed by atoms with Crippen LogP contribution in [-0.4, -0.2) is 48.3 Å². The maximum absolute atomic E-state index is 12.7. The molecule has 0 unspecified atom stereocenters. The number of nitrogens with zero attached hydrogens (tertiary/aromatic N) is 4. The first kappa shape index (κ1) is 20.3. The number of hydrogen-bond acceptors (Lipinski definition) is 8. The van der Waals surface area contributed by atoms with Gasteiger partial charge >= 0.3 is 6.18 Å². The molecule has 2 aromatic heterocycles. The Hall–Kier alpha value is -2.97. The number of hydrogen-bond donors (Lipinski definition) is 3. The second kappa shape index (κ2) is 9.65. The summed E-state index contributed by atoms with van der Waals surface area (Å²) in [5.74, 6) is 0.440. The van der Waals surface area contributed by atoms with Gasteiger partial charge in [0.05, 0.1) is 36.9 Å². The van der Waals surface area contributed by atoms with Crippen LogP contribution in [0.25, 0.3) is 0 Å². The zero-order chi connectivity index (χ0) is 19.7. The molecule has 0 amide bonds. The van der Waals surface area contributed by atoms with Gasteiger partial charge in [0, 0.05) is 32.4 Å². The molecule has 1 aliphatic heterocycles. The fourth-order valence-electron chi connectivity index (χ4n) is 2.05. The van der Waals surface area contributed by atoms with Gasteiger partial charge in [-0.25, -0.2) is 15.0 Å². The van der Waals surface area contributed by atoms with Gasteiger partial charge in [-0.15, -0.1) is 0 Å². The van der Waals surface area contributed by atoms with E-state index >= 15 is 0 Å². The zero-order valence-electron chi connectivity index (χ0n) is 14.5. The molecule has 0 spiro atoms. The second-order valence-corrected chi connectivity index (χ2v) is 5.25. The van der Waals surface area contributed by atoms with Crippen molar-refractivity contribution in [3.05, 3.63) is 35.9 Å². The lowest BCUT2D eigenvalue weighted by Gasteiger charge is -2.13. The summed E-state index contributed by atoms with van der Waals surface area (Å²) >= 11 is 0. The molecule has 2 aromatic rings.